The average molecular weight is 277 g/mol. The van der Waals surface area contributed by atoms with Gasteiger partial charge in [0, 0.05) is 24.5 Å². The molecule has 0 fully saturated rings. The summed E-state index contributed by atoms with van der Waals surface area (Å²) in [5, 5.41) is 3.43. The Morgan fingerprint density at radius 3 is 2.86 bits per heavy atom. The fourth-order valence-corrected chi connectivity index (χ4v) is 2.54. The summed E-state index contributed by atoms with van der Waals surface area (Å²) in [4.78, 5) is 3.69. The van der Waals surface area contributed by atoms with Crippen LogP contribution in [0.1, 0.15) is 11.8 Å². The third-order valence-corrected chi connectivity index (χ3v) is 3.76. The molecule has 0 spiro atoms. The maximum absolute atomic E-state index is 3.46. The summed E-state index contributed by atoms with van der Waals surface area (Å²) in [6, 6.07) is 4.26. The van der Waals surface area contributed by atoms with Crippen molar-refractivity contribution in [3.05, 3.63) is 20.8 Å². The third-order valence-electron chi connectivity index (χ3n) is 2.14. The molecule has 0 aliphatic carbocycles. The van der Waals surface area contributed by atoms with E-state index in [9.17, 15) is 0 Å². The van der Waals surface area contributed by atoms with Crippen LogP contribution in [0.4, 0.5) is 0 Å². The van der Waals surface area contributed by atoms with E-state index in [0.717, 1.165) is 26.2 Å². The van der Waals surface area contributed by atoms with Gasteiger partial charge in [-0.15, -0.1) is 11.3 Å². The lowest BCUT2D eigenvalue weighted by atomic mass is 10.4. The summed E-state index contributed by atoms with van der Waals surface area (Å²) in [6.07, 6.45) is 0. The highest BCUT2D eigenvalue weighted by Crippen LogP contribution is 2.21. The SMILES string of the molecule is CCN(C)CCNCc1ccc(Br)s1. The first-order valence-electron chi connectivity index (χ1n) is 4.86. The van der Waals surface area contributed by atoms with Gasteiger partial charge < -0.3 is 10.2 Å². The van der Waals surface area contributed by atoms with Crippen LogP contribution in [0.3, 0.4) is 0 Å². The first kappa shape index (κ1) is 12.2. The van der Waals surface area contributed by atoms with Crippen molar-refractivity contribution in [2.75, 3.05) is 26.7 Å². The van der Waals surface area contributed by atoms with E-state index >= 15 is 0 Å². The zero-order valence-corrected chi connectivity index (χ0v) is 11.1. The first-order chi connectivity index (χ1) is 6.72. The maximum Gasteiger partial charge on any atom is 0.0701 e. The highest BCUT2D eigenvalue weighted by molar-refractivity contribution is 9.11. The second kappa shape index (κ2) is 6.56. The molecule has 0 atom stereocenters. The van der Waals surface area contributed by atoms with Crippen molar-refractivity contribution < 1.29 is 0 Å². The Hall–Kier alpha value is 0.1000. The molecule has 1 aromatic rings. The molecule has 4 heteroatoms. The van der Waals surface area contributed by atoms with E-state index in [1.165, 1.54) is 8.66 Å². The van der Waals surface area contributed by atoms with Gasteiger partial charge >= 0.3 is 0 Å². The Bertz CT molecular complexity index is 262. The number of likely N-dealkylation sites (N-methyl/N-ethyl adjacent to an activating group) is 1. The highest BCUT2D eigenvalue weighted by atomic mass is 79.9. The van der Waals surface area contributed by atoms with Gasteiger partial charge in [0.05, 0.1) is 3.79 Å². The quantitative estimate of drug-likeness (QED) is 0.804. The van der Waals surface area contributed by atoms with Crippen molar-refractivity contribution in [3.63, 3.8) is 0 Å². The molecule has 0 unspecified atom stereocenters. The van der Waals surface area contributed by atoms with Crippen LogP contribution in [0.5, 0.6) is 0 Å². The van der Waals surface area contributed by atoms with Gasteiger partial charge in [0.2, 0.25) is 0 Å². The zero-order chi connectivity index (χ0) is 10.4. The molecule has 0 saturated carbocycles. The number of hydrogen-bond acceptors (Lipinski definition) is 3. The lowest BCUT2D eigenvalue weighted by Gasteiger charge is -2.13. The minimum atomic E-state index is 0.980. The van der Waals surface area contributed by atoms with Gasteiger partial charge in [-0.3, -0.25) is 0 Å². The standard InChI is InChI=1S/C10H17BrN2S/c1-3-13(2)7-6-12-8-9-4-5-10(11)14-9/h4-5,12H,3,6-8H2,1-2H3. The van der Waals surface area contributed by atoms with E-state index in [1.807, 2.05) is 0 Å². The van der Waals surface area contributed by atoms with E-state index in [4.69, 9.17) is 0 Å². The van der Waals surface area contributed by atoms with Crippen molar-refractivity contribution in [1.82, 2.24) is 10.2 Å². The van der Waals surface area contributed by atoms with E-state index < -0.39 is 0 Å². The fourth-order valence-electron chi connectivity index (χ4n) is 1.09. The number of nitrogens with zero attached hydrogens (tertiary/aromatic N) is 1. The lowest BCUT2D eigenvalue weighted by Crippen LogP contribution is -2.28. The van der Waals surface area contributed by atoms with E-state index in [0.29, 0.717) is 0 Å². The first-order valence-corrected chi connectivity index (χ1v) is 6.46. The molecule has 2 nitrogen and oxygen atoms in total. The van der Waals surface area contributed by atoms with Crippen LogP contribution in [-0.4, -0.2) is 31.6 Å². The van der Waals surface area contributed by atoms with Gasteiger partial charge in [-0.1, -0.05) is 6.92 Å². The van der Waals surface area contributed by atoms with Crippen LogP contribution >= 0.6 is 27.3 Å². The molecule has 0 saturated heterocycles. The molecule has 14 heavy (non-hydrogen) atoms. The summed E-state index contributed by atoms with van der Waals surface area (Å²) in [6.45, 7) is 6.44. The molecule has 0 aliphatic rings. The second-order valence-electron chi connectivity index (χ2n) is 3.28. The van der Waals surface area contributed by atoms with Crippen LogP contribution in [0.2, 0.25) is 0 Å². The van der Waals surface area contributed by atoms with E-state index in [-0.39, 0.29) is 0 Å². The number of nitrogens with one attached hydrogen (secondary N) is 1. The van der Waals surface area contributed by atoms with Gasteiger partial charge in [-0.25, -0.2) is 0 Å². The molecule has 1 heterocycles. The van der Waals surface area contributed by atoms with Gasteiger partial charge in [0.15, 0.2) is 0 Å². The highest BCUT2D eigenvalue weighted by Gasteiger charge is 1.97. The molecule has 0 aromatic carbocycles. The lowest BCUT2D eigenvalue weighted by molar-refractivity contribution is 0.349. The minimum absolute atomic E-state index is 0.980. The Morgan fingerprint density at radius 2 is 2.29 bits per heavy atom. The normalized spacial score (nSPS) is 11.1. The van der Waals surface area contributed by atoms with Crippen molar-refractivity contribution >= 4 is 27.3 Å². The molecule has 0 aliphatic heterocycles. The predicted molar refractivity (Wildman–Crippen MR) is 66.9 cm³/mol. The Labute approximate surface area is 98.4 Å². The zero-order valence-electron chi connectivity index (χ0n) is 8.72. The van der Waals surface area contributed by atoms with Crippen molar-refractivity contribution in [2.24, 2.45) is 0 Å². The van der Waals surface area contributed by atoms with Crippen LogP contribution in [-0.2, 0) is 6.54 Å². The van der Waals surface area contributed by atoms with Crippen LogP contribution in [0, 0.1) is 0 Å². The average Bonchev–Trinajstić information content (AvgIpc) is 2.58. The third kappa shape index (κ3) is 4.55. The van der Waals surface area contributed by atoms with Crippen LogP contribution in [0.15, 0.2) is 15.9 Å². The molecule has 1 aromatic heterocycles. The number of thiophene rings is 1. The van der Waals surface area contributed by atoms with E-state index in [1.54, 1.807) is 11.3 Å². The monoisotopic (exact) mass is 276 g/mol. The number of halogens is 1. The van der Waals surface area contributed by atoms with Gasteiger partial charge in [-0.05, 0) is 41.7 Å². The summed E-state index contributed by atoms with van der Waals surface area (Å²) in [7, 11) is 2.14. The van der Waals surface area contributed by atoms with Crippen LogP contribution < -0.4 is 5.32 Å². The Kier molecular flexibility index (Phi) is 5.70. The Balaban J connectivity index is 2.10. The smallest absolute Gasteiger partial charge is 0.0701 e. The predicted octanol–water partition coefficient (Wildman–Crippen LogP) is 2.55. The topological polar surface area (TPSA) is 15.3 Å². The summed E-state index contributed by atoms with van der Waals surface area (Å²) in [5.41, 5.74) is 0. The van der Waals surface area contributed by atoms with Crippen molar-refractivity contribution in [2.45, 2.75) is 13.5 Å². The second-order valence-corrected chi connectivity index (χ2v) is 5.83. The summed E-state index contributed by atoms with van der Waals surface area (Å²) >= 11 is 5.25. The fraction of sp³-hybridized carbons (Fsp3) is 0.600. The van der Waals surface area contributed by atoms with Crippen molar-refractivity contribution in [3.8, 4) is 0 Å². The largest absolute Gasteiger partial charge is 0.311 e. The molecule has 0 amide bonds. The van der Waals surface area contributed by atoms with E-state index in [2.05, 4.69) is 52.3 Å². The van der Waals surface area contributed by atoms with Gasteiger partial charge in [0.1, 0.15) is 0 Å². The summed E-state index contributed by atoms with van der Waals surface area (Å²) in [5.74, 6) is 0. The molecule has 0 bridgehead atoms. The molecule has 1 rings (SSSR count). The molecular weight excluding hydrogens is 260 g/mol. The minimum Gasteiger partial charge on any atom is -0.311 e. The van der Waals surface area contributed by atoms with Crippen molar-refractivity contribution in [1.29, 1.82) is 0 Å². The summed E-state index contributed by atoms with van der Waals surface area (Å²) < 4.78 is 1.21. The van der Waals surface area contributed by atoms with Gasteiger partial charge in [-0.2, -0.15) is 0 Å². The molecule has 1 N–H and O–H groups in total. The Morgan fingerprint density at radius 1 is 1.50 bits per heavy atom. The molecule has 0 radical (unpaired) electrons. The molecular formula is C10H17BrN2S. The maximum atomic E-state index is 3.46. The molecule has 80 valence electrons. The van der Waals surface area contributed by atoms with Crippen LogP contribution in [0.25, 0.3) is 0 Å². The van der Waals surface area contributed by atoms with Gasteiger partial charge in [0.25, 0.3) is 0 Å². The number of rotatable bonds is 6. The number of hydrogen-bond donors (Lipinski definition) is 1.